The molecule has 0 aliphatic carbocycles. The molecule has 0 bridgehead atoms. The molecule has 0 radical (unpaired) electrons. The van der Waals surface area contributed by atoms with E-state index in [0.29, 0.717) is 16.8 Å². The van der Waals surface area contributed by atoms with E-state index in [2.05, 4.69) is 11.4 Å². The lowest BCUT2D eigenvalue weighted by Crippen LogP contribution is -2.21. The summed E-state index contributed by atoms with van der Waals surface area (Å²) in [4.78, 5) is 11.5. The van der Waals surface area contributed by atoms with Gasteiger partial charge in [0.05, 0.1) is 11.3 Å². The van der Waals surface area contributed by atoms with Crippen molar-refractivity contribution in [3.8, 4) is 6.07 Å². The molecule has 20 heavy (non-hydrogen) atoms. The van der Waals surface area contributed by atoms with Crippen LogP contribution in [0.2, 0.25) is 0 Å². The molecule has 2 rings (SSSR count). The van der Waals surface area contributed by atoms with E-state index in [1.807, 2.05) is 19.1 Å². The molecule has 0 aliphatic rings. The molecule has 0 amide bonds. The minimum absolute atomic E-state index is 0.437. The molecular formula is C16H14N2O2. The standard InChI is InChI=1S/C16H14N2O2/c1-11-6-5-9-13(10-17)14(11)18-15(16(19)20)12-7-3-2-4-8-12/h2-9,15,18H,1H3,(H,19,20). The third-order valence-electron chi connectivity index (χ3n) is 3.06. The average molecular weight is 266 g/mol. The predicted molar refractivity (Wildman–Crippen MR) is 76.3 cm³/mol. The number of carboxylic acid groups (broad SMARTS) is 1. The van der Waals surface area contributed by atoms with Gasteiger partial charge in [-0.25, -0.2) is 4.79 Å². The van der Waals surface area contributed by atoms with Crippen LogP contribution in [0, 0.1) is 18.3 Å². The highest BCUT2D eigenvalue weighted by molar-refractivity contribution is 5.80. The van der Waals surface area contributed by atoms with Gasteiger partial charge in [0.15, 0.2) is 6.04 Å². The van der Waals surface area contributed by atoms with Crippen molar-refractivity contribution in [2.45, 2.75) is 13.0 Å². The molecule has 0 aromatic heterocycles. The second kappa shape index (κ2) is 5.89. The van der Waals surface area contributed by atoms with Crippen molar-refractivity contribution in [3.63, 3.8) is 0 Å². The SMILES string of the molecule is Cc1cccc(C#N)c1NC(C(=O)O)c1ccccc1. The smallest absolute Gasteiger partial charge is 0.330 e. The number of carboxylic acids is 1. The average Bonchev–Trinajstić information content (AvgIpc) is 2.46. The molecule has 0 aliphatic heterocycles. The summed E-state index contributed by atoms with van der Waals surface area (Å²) < 4.78 is 0. The number of para-hydroxylation sites is 1. The predicted octanol–water partition coefficient (Wildman–Crippen LogP) is 3.10. The van der Waals surface area contributed by atoms with E-state index in [4.69, 9.17) is 5.26 Å². The van der Waals surface area contributed by atoms with E-state index >= 15 is 0 Å². The Labute approximate surface area is 117 Å². The highest BCUT2D eigenvalue weighted by atomic mass is 16.4. The molecule has 4 heteroatoms. The van der Waals surface area contributed by atoms with Crippen molar-refractivity contribution in [2.75, 3.05) is 5.32 Å². The molecule has 0 heterocycles. The number of aryl methyl sites for hydroxylation is 1. The Morgan fingerprint density at radius 3 is 2.50 bits per heavy atom. The van der Waals surface area contributed by atoms with E-state index in [0.717, 1.165) is 5.56 Å². The molecule has 1 atom stereocenters. The molecule has 4 nitrogen and oxygen atoms in total. The van der Waals surface area contributed by atoms with Crippen molar-refractivity contribution in [2.24, 2.45) is 0 Å². The molecule has 2 aromatic carbocycles. The number of nitriles is 1. The quantitative estimate of drug-likeness (QED) is 0.891. The van der Waals surface area contributed by atoms with Gasteiger partial charge in [-0.15, -0.1) is 0 Å². The van der Waals surface area contributed by atoms with Crippen LogP contribution in [0.4, 0.5) is 5.69 Å². The second-order valence-corrected chi connectivity index (χ2v) is 4.44. The van der Waals surface area contributed by atoms with Gasteiger partial charge in [0, 0.05) is 0 Å². The van der Waals surface area contributed by atoms with E-state index in [1.54, 1.807) is 36.4 Å². The first-order valence-electron chi connectivity index (χ1n) is 6.17. The Morgan fingerprint density at radius 1 is 1.20 bits per heavy atom. The number of aliphatic carboxylic acids is 1. The van der Waals surface area contributed by atoms with E-state index in [9.17, 15) is 9.90 Å². The summed E-state index contributed by atoms with van der Waals surface area (Å²) in [5.74, 6) is -0.983. The monoisotopic (exact) mass is 266 g/mol. The van der Waals surface area contributed by atoms with Gasteiger partial charge in [0.1, 0.15) is 6.07 Å². The number of rotatable bonds is 4. The summed E-state index contributed by atoms with van der Waals surface area (Å²) in [5, 5.41) is 21.5. The Kier molecular flexibility index (Phi) is 4.02. The van der Waals surface area contributed by atoms with Gasteiger partial charge in [-0.05, 0) is 24.1 Å². The van der Waals surface area contributed by atoms with Crippen LogP contribution < -0.4 is 5.32 Å². The summed E-state index contributed by atoms with van der Waals surface area (Å²) in [6.45, 7) is 1.84. The van der Waals surface area contributed by atoms with Crippen LogP contribution in [0.25, 0.3) is 0 Å². The molecule has 100 valence electrons. The fourth-order valence-electron chi connectivity index (χ4n) is 2.03. The number of hydrogen-bond donors (Lipinski definition) is 2. The third kappa shape index (κ3) is 2.78. The first-order valence-corrected chi connectivity index (χ1v) is 6.17. The molecule has 0 saturated carbocycles. The zero-order valence-corrected chi connectivity index (χ0v) is 11.0. The van der Waals surface area contributed by atoms with Gasteiger partial charge in [0.25, 0.3) is 0 Å². The number of nitrogens with one attached hydrogen (secondary N) is 1. The Bertz CT molecular complexity index is 660. The van der Waals surface area contributed by atoms with Crippen LogP contribution in [0.5, 0.6) is 0 Å². The topological polar surface area (TPSA) is 73.1 Å². The first-order chi connectivity index (χ1) is 9.63. The zero-order chi connectivity index (χ0) is 14.5. The van der Waals surface area contributed by atoms with Gasteiger partial charge in [-0.2, -0.15) is 5.26 Å². The van der Waals surface area contributed by atoms with Crippen LogP contribution in [0.15, 0.2) is 48.5 Å². The summed E-state index contributed by atoms with van der Waals surface area (Å²) in [6.07, 6.45) is 0. The summed E-state index contributed by atoms with van der Waals surface area (Å²) in [7, 11) is 0. The Hall–Kier alpha value is -2.80. The number of hydrogen-bond acceptors (Lipinski definition) is 3. The van der Waals surface area contributed by atoms with Gasteiger partial charge >= 0.3 is 5.97 Å². The lowest BCUT2D eigenvalue weighted by atomic mass is 10.0. The maximum absolute atomic E-state index is 11.5. The fraction of sp³-hybridized carbons (Fsp3) is 0.125. The maximum atomic E-state index is 11.5. The number of carbonyl (C=O) groups is 1. The largest absolute Gasteiger partial charge is 0.479 e. The van der Waals surface area contributed by atoms with Gasteiger partial charge < -0.3 is 10.4 Å². The minimum Gasteiger partial charge on any atom is -0.479 e. The second-order valence-electron chi connectivity index (χ2n) is 4.44. The van der Waals surface area contributed by atoms with E-state index < -0.39 is 12.0 Å². The van der Waals surface area contributed by atoms with E-state index in [1.165, 1.54) is 0 Å². The summed E-state index contributed by atoms with van der Waals surface area (Å²) in [6, 6.07) is 15.4. The number of nitrogens with zero attached hydrogens (tertiary/aromatic N) is 1. The third-order valence-corrected chi connectivity index (χ3v) is 3.06. The van der Waals surface area contributed by atoms with Crippen LogP contribution >= 0.6 is 0 Å². The molecule has 0 spiro atoms. The van der Waals surface area contributed by atoms with Gasteiger partial charge in [0.2, 0.25) is 0 Å². The van der Waals surface area contributed by atoms with Crippen LogP contribution in [0.3, 0.4) is 0 Å². The molecular weight excluding hydrogens is 252 g/mol. The Balaban J connectivity index is 2.41. The molecule has 2 N–H and O–H groups in total. The minimum atomic E-state index is -0.983. The van der Waals surface area contributed by atoms with Crippen molar-refractivity contribution >= 4 is 11.7 Å². The number of anilines is 1. The van der Waals surface area contributed by atoms with Gasteiger partial charge in [-0.1, -0.05) is 42.5 Å². The molecule has 2 aromatic rings. The van der Waals surface area contributed by atoms with Crippen molar-refractivity contribution < 1.29 is 9.90 Å². The lowest BCUT2D eigenvalue weighted by molar-refractivity contribution is -0.138. The van der Waals surface area contributed by atoms with Gasteiger partial charge in [-0.3, -0.25) is 0 Å². The first kappa shape index (κ1) is 13.6. The van der Waals surface area contributed by atoms with E-state index in [-0.39, 0.29) is 0 Å². The molecule has 0 fully saturated rings. The molecule has 1 unspecified atom stereocenters. The normalized spacial score (nSPS) is 11.4. The van der Waals surface area contributed by atoms with Crippen molar-refractivity contribution in [1.82, 2.24) is 0 Å². The number of benzene rings is 2. The highest BCUT2D eigenvalue weighted by Crippen LogP contribution is 2.25. The highest BCUT2D eigenvalue weighted by Gasteiger charge is 2.21. The van der Waals surface area contributed by atoms with Crippen LogP contribution in [-0.2, 0) is 4.79 Å². The lowest BCUT2D eigenvalue weighted by Gasteiger charge is -2.18. The van der Waals surface area contributed by atoms with Crippen molar-refractivity contribution in [1.29, 1.82) is 5.26 Å². The van der Waals surface area contributed by atoms with Crippen LogP contribution in [-0.4, -0.2) is 11.1 Å². The summed E-state index contributed by atoms with van der Waals surface area (Å²) >= 11 is 0. The summed E-state index contributed by atoms with van der Waals surface area (Å²) in [5.41, 5.74) is 2.48. The maximum Gasteiger partial charge on any atom is 0.330 e. The molecule has 0 saturated heterocycles. The zero-order valence-electron chi connectivity index (χ0n) is 11.0. The fourth-order valence-corrected chi connectivity index (χ4v) is 2.03. The van der Waals surface area contributed by atoms with Crippen LogP contribution in [0.1, 0.15) is 22.7 Å². The Morgan fingerprint density at radius 2 is 1.90 bits per heavy atom. The van der Waals surface area contributed by atoms with Crippen molar-refractivity contribution in [3.05, 3.63) is 65.2 Å².